The van der Waals surface area contributed by atoms with E-state index in [-0.39, 0.29) is 16.8 Å². The highest BCUT2D eigenvalue weighted by molar-refractivity contribution is 7.90. The number of carbonyl (C=O) groups excluding carboxylic acids is 1. The molecule has 0 aliphatic carbocycles. The molecule has 1 aliphatic heterocycles. The number of ether oxygens (including phenoxy) is 1. The van der Waals surface area contributed by atoms with Gasteiger partial charge >= 0.3 is 0 Å². The van der Waals surface area contributed by atoms with Crippen molar-refractivity contribution in [1.29, 1.82) is 0 Å². The van der Waals surface area contributed by atoms with Gasteiger partial charge in [0.2, 0.25) is 15.0 Å². The number of nitrogens with zero attached hydrogens (tertiary/aromatic N) is 4. The Morgan fingerprint density at radius 2 is 1.83 bits per heavy atom. The fourth-order valence-corrected chi connectivity index (χ4v) is 4.47. The van der Waals surface area contributed by atoms with E-state index in [1.807, 2.05) is 24.3 Å². The maximum Gasteiger partial charge on any atom is 0.274 e. The predicted molar refractivity (Wildman–Crippen MR) is 114 cm³/mol. The molecule has 2 aromatic heterocycles. The maximum atomic E-state index is 13.2. The zero-order valence-electron chi connectivity index (χ0n) is 17.0. The number of fused-ring (bicyclic) bond motifs is 1. The first kappa shape index (κ1) is 20.4. The molecule has 8 nitrogen and oxygen atoms in total. The van der Waals surface area contributed by atoms with Crippen molar-refractivity contribution in [3.05, 3.63) is 59.9 Å². The standard InChI is InChI=1S/C21H24N4O4S/c1-23(15-16-7-3-4-8-17(16)24-11-13-29-14-12-24)20(26)19-18-9-5-6-10-25(18)21(22-19)30(2,27)28/h3-10H,11-15H2,1-2H3. The van der Waals surface area contributed by atoms with Crippen LogP contribution >= 0.6 is 0 Å². The number of carbonyl (C=O) groups is 1. The van der Waals surface area contributed by atoms with E-state index in [0.717, 1.165) is 30.6 Å². The van der Waals surface area contributed by atoms with Gasteiger partial charge in [0.15, 0.2) is 5.69 Å². The third kappa shape index (κ3) is 3.90. The maximum absolute atomic E-state index is 13.2. The minimum Gasteiger partial charge on any atom is -0.378 e. The van der Waals surface area contributed by atoms with E-state index in [4.69, 9.17) is 4.74 Å². The zero-order valence-corrected chi connectivity index (χ0v) is 17.8. The normalized spacial score (nSPS) is 14.8. The Morgan fingerprint density at radius 3 is 2.57 bits per heavy atom. The van der Waals surface area contributed by atoms with Gasteiger partial charge in [-0.25, -0.2) is 13.4 Å². The molecule has 1 aromatic carbocycles. The first-order valence-corrected chi connectivity index (χ1v) is 11.6. The van der Waals surface area contributed by atoms with Gasteiger partial charge in [-0.1, -0.05) is 24.3 Å². The predicted octanol–water partition coefficient (Wildman–Crippen LogP) is 1.85. The summed E-state index contributed by atoms with van der Waals surface area (Å²) in [4.78, 5) is 21.2. The van der Waals surface area contributed by atoms with Crippen LogP contribution in [0, 0.1) is 0 Å². The summed E-state index contributed by atoms with van der Waals surface area (Å²) in [6.07, 6.45) is 2.69. The molecule has 9 heteroatoms. The van der Waals surface area contributed by atoms with E-state index in [9.17, 15) is 13.2 Å². The second kappa shape index (κ2) is 8.08. The number of hydrogen-bond donors (Lipinski definition) is 0. The lowest BCUT2D eigenvalue weighted by molar-refractivity contribution is 0.0781. The van der Waals surface area contributed by atoms with Crippen LogP contribution in [-0.2, 0) is 21.1 Å². The lowest BCUT2D eigenvalue weighted by atomic mass is 10.1. The Morgan fingerprint density at radius 1 is 1.13 bits per heavy atom. The molecule has 30 heavy (non-hydrogen) atoms. The molecule has 1 saturated heterocycles. The van der Waals surface area contributed by atoms with Crippen molar-refractivity contribution in [2.24, 2.45) is 0 Å². The van der Waals surface area contributed by atoms with Crippen molar-refractivity contribution in [2.45, 2.75) is 11.7 Å². The molecule has 0 N–H and O–H groups in total. The highest BCUT2D eigenvalue weighted by Gasteiger charge is 2.25. The molecule has 158 valence electrons. The van der Waals surface area contributed by atoms with E-state index in [1.165, 1.54) is 4.40 Å². The first-order chi connectivity index (χ1) is 14.4. The molecular formula is C21H24N4O4S. The van der Waals surface area contributed by atoms with Crippen molar-refractivity contribution >= 4 is 26.9 Å². The number of aromatic nitrogens is 2. The summed E-state index contributed by atoms with van der Waals surface area (Å²) in [6, 6.07) is 13.1. The van der Waals surface area contributed by atoms with Crippen LogP contribution in [-0.4, -0.2) is 68.2 Å². The van der Waals surface area contributed by atoms with Gasteiger partial charge in [-0.2, -0.15) is 0 Å². The Balaban J connectivity index is 1.65. The first-order valence-electron chi connectivity index (χ1n) is 9.69. The second-order valence-corrected chi connectivity index (χ2v) is 9.27. The Kier molecular flexibility index (Phi) is 5.48. The van der Waals surface area contributed by atoms with Gasteiger partial charge in [0, 0.05) is 44.8 Å². The number of imidazole rings is 1. The van der Waals surface area contributed by atoms with Gasteiger partial charge in [0.05, 0.1) is 18.7 Å². The van der Waals surface area contributed by atoms with Gasteiger partial charge < -0.3 is 14.5 Å². The number of rotatable bonds is 5. The summed E-state index contributed by atoms with van der Waals surface area (Å²) in [5.41, 5.74) is 2.69. The second-order valence-electron chi connectivity index (χ2n) is 7.36. The smallest absolute Gasteiger partial charge is 0.274 e. The number of hydrogen-bond acceptors (Lipinski definition) is 6. The topological polar surface area (TPSA) is 84.2 Å². The fourth-order valence-electron chi connectivity index (χ4n) is 3.69. The van der Waals surface area contributed by atoms with Crippen molar-refractivity contribution in [1.82, 2.24) is 14.3 Å². The number of morpholine rings is 1. The van der Waals surface area contributed by atoms with Crippen LogP contribution < -0.4 is 4.90 Å². The number of amides is 1. The highest BCUT2D eigenvalue weighted by Crippen LogP contribution is 2.24. The van der Waals surface area contributed by atoms with E-state index >= 15 is 0 Å². The molecule has 0 spiro atoms. The molecule has 0 radical (unpaired) electrons. The van der Waals surface area contributed by atoms with E-state index < -0.39 is 9.84 Å². The number of anilines is 1. The van der Waals surface area contributed by atoms with Crippen molar-refractivity contribution in [2.75, 3.05) is 44.5 Å². The molecule has 3 aromatic rings. The Hall–Kier alpha value is -2.91. The van der Waals surface area contributed by atoms with Gasteiger partial charge in [-0.15, -0.1) is 0 Å². The molecule has 1 aliphatic rings. The summed E-state index contributed by atoms with van der Waals surface area (Å²) in [5.74, 6) is -0.328. The average molecular weight is 429 g/mol. The quantitative estimate of drug-likeness (QED) is 0.617. The Labute approximate surface area is 175 Å². The van der Waals surface area contributed by atoms with Crippen molar-refractivity contribution in [3.8, 4) is 0 Å². The lowest BCUT2D eigenvalue weighted by Crippen LogP contribution is -2.37. The number of para-hydroxylation sites is 1. The average Bonchev–Trinajstić information content (AvgIpc) is 3.14. The van der Waals surface area contributed by atoms with E-state index in [2.05, 4.69) is 9.88 Å². The number of pyridine rings is 1. The van der Waals surface area contributed by atoms with Gasteiger partial charge in [-0.05, 0) is 23.8 Å². The zero-order chi connectivity index (χ0) is 21.3. The summed E-state index contributed by atoms with van der Waals surface area (Å²) < 4.78 is 31.2. The van der Waals surface area contributed by atoms with Gasteiger partial charge in [0.25, 0.3) is 5.91 Å². The van der Waals surface area contributed by atoms with Gasteiger partial charge in [0.1, 0.15) is 0 Å². The van der Waals surface area contributed by atoms with E-state index in [1.54, 1.807) is 36.3 Å². The molecule has 0 atom stereocenters. The lowest BCUT2D eigenvalue weighted by Gasteiger charge is -2.31. The summed E-state index contributed by atoms with van der Waals surface area (Å²) in [5, 5.41) is -0.136. The van der Waals surface area contributed by atoms with Crippen LogP contribution in [0.4, 0.5) is 5.69 Å². The molecule has 0 saturated carbocycles. The number of benzene rings is 1. The highest BCUT2D eigenvalue weighted by atomic mass is 32.2. The van der Waals surface area contributed by atoms with Crippen LogP contribution in [0.25, 0.3) is 5.52 Å². The molecule has 1 fully saturated rings. The van der Waals surface area contributed by atoms with Crippen LogP contribution in [0.2, 0.25) is 0 Å². The molecule has 1 amide bonds. The molecule has 3 heterocycles. The molecule has 0 bridgehead atoms. The molecule has 0 unspecified atom stereocenters. The third-order valence-electron chi connectivity index (χ3n) is 5.15. The summed E-state index contributed by atoms with van der Waals surface area (Å²) in [7, 11) is -1.88. The minimum atomic E-state index is -3.59. The SMILES string of the molecule is CN(Cc1ccccc1N1CCOCC1)C(=O)c1nc(S(C)(=O)=O)n2ccccc12. The van der Waals surface area contributed by atoms with Crippen molar-refractivity contribution in [3.63, 3.8) is 0 Å². The summed E-state index contributed by atoms with van der Waals surface area (Å²) >= 11 is 0. The van der Waals surface area contributed by atoms with Crippen LogP contribution in [0.3, 0.4) is 0 Å². The van der Waals surface area contributed by atoms with Gasteiger partial charge in [-0.3, -0.25) is 9.20 Å². The monoisotopic (exact) mass is 428 g/mol. The third-order valence-corrected chi connectivity index (χ3v) is 6.10. The van der Waals surface area contributed by atoms with Crippen LogP contribution in [0.1, 0.15) is 16.1 Å². The minimum absolute atomic E-state index is 0.127. The summed E-state index contributed by atoms with van der Waals surface area (Å²) in [6.45, 7) is 3.35. The number of sulfone groups is 1. The molecular weight excluding hydrogens is 404 g/mol. The fraction of sp³-hybridized carbons (Fsp3) is 0.333. The van der Waals surface area contributed by atoms with Crippen LogP contribution in [0.15, 0.2) is 53.8 Å². The Bertz CT molecular complexity index is 1180. The van der Waals surface area contributed by atoms with Crippen molar-refractivity contribution < 1.29 is 17.9 Å². The molecule has 4 rings (SSSR count). The van der Waals surface area contributed by atoms with Crippen LogP contribution in [0.5, 0.6) is 0 Å². The van der Waals surface area contributed by atoms with E-state index in [0.29, 0.717) is 25.3 Å². The largest absolute Gasteiger partial charge is 0.378 e.